The number of halogens is 4. The van der Waals surface area contributed by atoms with E-state index in [2.05, 4.69) is 31.4 Å². The minimum absolute atomic E-state index is 0.303. The average molecular weight is 456 g/mol. The predicted molar refractivity (Wildman–Crippen MR) is 101 cm³/mol. The van der Waals surface area contributed by atoms with Crippen molar-refractivity contribution in [3.8, 4) is 0 Å². The van der Waals surface area contributed by atoms with Crippen LogP contribution in [0.25, 0.3) is 0 Å². The monoisotopic (exact) mass is 455 g/mol. The third-order valence-corrected chi connectivity index (χ3v) is 5.36. The Balaban J connectivity index is 1.77. The van der Waals surface area contributed by atoms with Crippen LogP contribution in [0.2, 0.25) is 0 Å². The smallest absolute Gasteiger partial charge is 0.321 e. The van der Waals surface area contributed by atoms with Crippen molar-refractivity contribution < 1.29 is 18.0 Å². The van der Waals surface area contributed by atoms with Gasteiger partial charge in [0.2, 0.25) is 0 Å². The lowest BCUT2D eigenvalue weighted by Crippen LogP contribution is -2.13. The lowest BCUT2D eigenvalue weighted by atomic mass is 10.2. The normalized spacial score (nSPS) is 11.7. The van der Waals surface area contributed by atoms with Gasteiger partial charge >= 0.3 is 6.18 Å². The number of rotatable bonds is 4. The highest BCUT2D eigenvalue weighted by Crippen LogP contribution is 2.29. The molecule has 0 bridgehead atoms. The Morgan fingerprint density at radius 2 is 1.93 bits per heavy atom. The number of aromatic nitrogens is 4. The number of nitrogens with one attached hydrogen (secondary N) is 1. The summed E-state index contributed by atoms with van der Waals surface area (Å²) >= 11 is 3.48. The van der Waals surface area contributed by atoms with Crippen LogP contribution in [0, 0.1) is 13.8 Å². The third-order valence-electron chi connectivity index (χ3n) is 4.21. The van der Waals surface area contributed by atoms with Crippen LogP contribution in [0.5, 0.6) is 0 Å². The lowest BCUT2D eigenvalue weighted by molar-refractivity contribution is -0.143. The number of carbonyl (C=O) groups is 1. The minimum Gasteiger partial charge on any atom is -0.321 e. The Morgan fingerprint density at radius 3 is 2.50 bits per heavy atom. The van der Waals surface area contributed by atoms with Crippen LogP contribution in [0.4, 0.5) is 18.9 Å². The first-order valence-electron chi connectivity index (χ1n) is 8.27. The van der Waals surface area contributed by atoms with Crippen molar-refractivity contribution >= 4 is 27.5 Å². The summed E-state index contributed by atoms with van der Waals surface area (Å²) in [5.41, 5.74) is 1.90. The summed E-state index contributed by atoms with van der Waals surface area (Å²) in [5.74, 6) is -0.711. The number of carbonyl (C=O) groups excluding carboxylic acids is 1. The first kappa shape index (κ1) is 20.1. The van der Waals surface area contributed by atoms with Crippen LogP contribution in [-0.4, -0.2) is 25.5 Å². The summed E-state index contributed by atoms with van der Waals surface area (Å²) < 4.78 is 42.0. The van der Waals surface area contributed by atoms with E-state index < -0.39 is 17.8 Å². The van der Waals surface area contributed by atoms with E-state index in [4.69, 9.17) is 0 Å². The fraction of sp³-hybridized carbons (Fsp3) is 0.278. The summed E-state index contributed by atoms with van der Waals surface area (Å²) in [6.45, 7) is 4.32. The Hall–Kier alpha value is -2.62. The molecule has 2 aromatic heterocycles. The number of nitrogens with zero attached hydrogens (tertiary/aromatic N) is 4. The number of alkyl halides is 3. The highest BCUT2D eigenvalue weighted by atomic mass is 79.9. The fourth-order valence-corrected chi connectivity index (χ4v) is 3.07. The molecule has 148 valence electrons. The molecule has 0 fully saturated rings. The second-order valence-corrected chi connectivity index (χ2v) is 7.13. The Labute approximate surface area is 167 Å². The first-order chi connectivity index (χ1) is 13.1. The standard InChI is InChI=1S/C18H17BrF3N5O/c1-10-16(19)11(2)27(24-10)9-12-5-4-6-13(7-12)23-17(28)14-8-15(18(20,21)22)26(3)25-14/h4-8H,9H2,1-3H3,(H,23,28). The van der Waals surface area contributed by atoms with E-state index in [-0.39, 0.29) is 5.69 Å². The predicted octanol–water partition coefficient (Wildman–Crippen LogP) is 4.32. The van der Waals surface area contributed by atoms with Crippen molar-refractivity contribution in [1.29, 1.82) is 0 Å². The Kier molecular flexibility index (Phi) is 5.33. The van der Waals surface area contributed by atoms with E-state index in [1.807, 2.05) is 24.6 Å². The molecule has 2 heterocycles. The topological polar surface area (TPSA) is 64.7 Å². The molecule has 3 rings (SSSR count). The van der Waals surface area contributed by atoms with Crippen molar-refractivity contribution in [1.82, 2.24) is 19.6 Å². The second-order valence-electron chi connectivity index (χ2n) is 6.33. The maximum atomic E-state index is 12.9. The van der Waals surface area contributed by atoms with Crippen molar-refractivity contribution in [2.45, 2.75) is 26.6 Å². The number of benzene rings is 1. The summed E-state index contributed by atoms with van der Waals surface area (Å²) in [5, 5.41) is 10.7. The molecule has 0 unspecified atom stereocenters. The summed E-state index contributed by atoms with van der Waals surface area (Å²) in [4.78, 5) is 12.3. The summed E-state index contributed by atoms with van der Waals surface area (Å²) in [7, 11) is 1.15. The average Bonchev–Trinajstić information content (AvgIpc) is 3.11. The van der Waals surface area contributed by atoms with Gasteiger partial charge in [-0.2, -0.15) is 23.4 Å². The van der Waals surface area contributed by atoms with Gasteiger partial charge in [0, 0.05) is 18.8 Å². The molecule has 0 aliphatic heterocycles. The highest BCUT2D eigenvalue weighted by Gasteiger charge is 2.35. The first-order valence-corrected chi connectivity index (χ1v) is 9.06. The SMILES string of the molecule is Cc1nn(Cc2cccc(NC(=O)c3cc(C(F)(F)F)n(C)n3)c2)c(C)c1Br. The molecule has 1 N–H and O–H groups in total. The zero-order valence-electron chi connectivity index (χ0n) is 15.3. The molecule has 0 radical (unpaired) electrons. The van der Waals surface area contributed by atoms with Crippen LogP contribution in [-0.2, 0) is 19.8 Å². The maximum absolute atomic E-state index is 12.9. The van der Waals surface area contributed by atoms with Gasteiger partial charge in [0.1, 0.15) is 5.69 Å². The van der Waals surface area contributed by atoms with Gasteiger partial charge in [0.25, 0.3) is 5.91 Å². The van der Waals surface area contributed by atoms with Crippen molar-refractivity contribution in [2.24, 2.45) is 7.05 Å². The van der Waals surface area contributed by atoms with E-state index in [0.717, 1.165) is 34.5 Å². The molecule has 28 heavy (non-hydrogen) atoms. The number of hydrogen-bond acceptors (Lipinski definition) is 3. The van der Waals surface area contributed by atoms with E-state index in [0.29, 0.717) is 16.9 Å². The van der Waals surface area contributed by atoms with E-state index in [1.165, 1.54) is 0 Å². The molecule has 6 nitrogen and oxygen atoms in total. The summed E-state index contributed by atoms with van der Waals surface area (Å²) in [6.07, 6.45) is -4.58. The largest absolute Gasteiger partial charge is 0.433 e. The fourth-order valence-electron chi connectivity index (χ4n) is 2.79. The zero-order chi connectivity index (χ0) is 20.6. The van der Waals surface area contributed by atoms with Gasteiger partial charge in [-0.1, -0.05) is 12.1 Å². The maximum Gasteiger partial charge on any atom is 0.433 e. The molecule has 0 aliphatic carbocycles. The quantitative estimate of drug-likeness (QED) is 0.637. The Morgan fingerprint density at radius 1 is 1.21 bits per heavy atom. The van der Waals surface area contributed by atoms with Gasteiger partial charge in [-0.05, 0) is 47.5 Å². The van der Waals surface area contributed by atoms with Gasteiger partial charge in [0.15, 0.2) is 5.69 Å². The van der Waals surface area contributed by atoms with Gasteiger partial charge in [-0.25, -0.2) is 0 Å². The minimum atomic E-state index is -4.58. The molecule has 0 spiro atoms. The van der Waals surface area contributed by atoms with E-state index in [9.17, 15) is 18.0 Å². The molecule has 0 aliphatic rings. The summed E-state index contributed by atoms with van der Waals surface area (Å²) in [6, 6.07) is 7.77. The molecule has 0 atom stereocenters. The molecule has 0 saturated carbocycles. The number of aryl methyl sites for hydroxylation is 2. The van der Waals surface area contributed by atoms with E-state index in [1.54, 1.807) is 18.2 Å². The van der Waals surface area contributed by atoms with Crippen LogP contribution in [0.15, 0.2) is 34.8 Å². The number of amides is 1. The molecule has 3 aromatic rings. The second kappa shape index (κ2) is 7.42. The molecule has 1 amide bonds. The molecular formula is C18H17BrF3N5O. The van der Waals surface area contributed by atoms with Crippen molar-refractivity contribution in [3.05, 3.63) is 63.1 Å². The van der Waals surface area contributed by atoms with Crippen LogP contribution < -0.4 is 5.32 Å². The van der Waals surface area contributed by atoms with Gasteiger partial charge < -0.3 is 5.32 Å². The van der Waals surface area contributed by atoms with Crippen LogP contribution in [0.1, 0.15) is 33.1 Å². The Bertz CT molecular complexity index is 1040. The molecule has 1 aromatic carbocycles. The third kappa shape index (κ3) is 4.11. The van der Waals surface area contributed by atoms with Crippen molar-refractivity contribution in [2.75, 3.05) is 5.32 Å². The van der Waals surface area contributed by atoms with Gasteiger partial charge in [-0.15, -0.1) is 0 Å². The van der Waals surface area contributed by atoms with E-state index >= 15 is 0 Å². The highest BCUT2D eigenvalue weighted by molar-refractivity contribution is 9.10. The molecule has 10 heteroatoms. The van der Waals surface area contributed by atoms with Crippen LogP contribution >= 0.6 is 15.9 Å². The number of hydrogen-bond donors (Lipinski definition) is 1. The lowest BCUT2D eigenvalue weighted by Gasteiger charge is -2.08. The van der Waals surface area contributed by atoms with Gasteiger partial charge in [0.05, 0.1) is 22.4 Å². The van der Waals surface area contributed by atoms with Crippen molar-refractivity contribution in [3.63, 3.8) is 0 Å². The number of anilines is 1. The molecule has 0 saturated heterocycles. The van der Waals surface area contributed by atoms with Crippen LogP contribution in [0.3, 0.4) is 0 Å². The van der Waals surface area contributed by atoms with Gasteiger partial charge in [-0.3, -0.25) is 14.2 Å². The molecular weight excluding hydrogens is 439 g/mol. The zero-order valence-corrected chi connectivity index (χ0v) is 16.9.